The van der Waals surface area contributed by atoms with E-state index in [9.17, 15) is 0 Å². The Balaban J connectivity index is 2.69. The lowest BCUT2D eigenvalue weighted by atomic mass is 10.2. The molecule has 1 heterocycles. The molecule has 17 heavy (non-hydrogen) atoms. The minimum absolute atomic E-state index is 0.420. The highest BCUT2D eigenvalue weighted by molar-refractivity contribution is 6.39. The summed E-state index contributed by atoms with van der Waals surface area (Å²) in [4.78, 5) is 8.57. The Kier molecular flexibility index (Phi) is 3.57. The van der Waals surface area contributed by atoms with Gasteiger partial charge in [-0.25, -0.2) is 9.97 Å². The molecule has 0 unspecified atom stereocenters. The lowest BCUT2D eigenvalue weighted by molar-refractivity contribution is 1.07. The monoisotopic (exact) mass is 286 g/mol. The van der Waals surface area contributed by atoms with Crippen molar-refractivity contribution in [2.45, 2.75) is 13.8 Å². The molecule has 1 aromatic heterocycles. The second-order valence-electron chi connectivity index (χ2n) is 3.65. The predicted octanol–water partition coefficient (Wildman–Crippen LogP) is 4.72. The van der Waals surface area contributed by atoms with Crippen LogP contribution in [0.4, 0.5) is 0 Å². The van der Waals surface area contributed by atoms with Crippen LogP contribution in [0.2, 0.25) is 15.2 Å². The summed E-state index contributed by atoms with van der Waals surface area (Å²) in [5, 5.41) is 1.44. The van der Waals surface area contributed by atoms with E-state index in [1.165, 1.54) is 0 Å². The van der Waals surface area contributed by atoms with E-state index in [1.807, 2.05) is 13.8 Å². The summed E-state index contributed by atoms with van der Waals surface area (Å²) in [7, 11) is 0. The van der Waals surface area contributed by atoms with Gasteiger partial charge in [0.1, 0.15) is 5.15 Å². The summed E-state index contributed by atoms with van der Waals surface area (Å²) in [6.07, 6.45) is 0. The Labute approximate surface area is 115 Å². The van der Waals surface area contributed by atoms with E-state index in [0.717, 1.165) is 11.3 Å². The molecule has 2 nitrogen and oxygen atoms in total. The van der Waals surface area contributed by atoms with E-state index in [0.29, 0.717) is 26.6 Å². The van der Waals surface area contributed by atoms with Crippen LogP contribution in [0.3, 0.4) is 0 Å². The van der Waals surface area contributed by atoms with Crippen LogP contribution < -0.4 is 0 Å². The number of halogens is 3. The van der Waals surface area contributed by atoms with Crippen LogP contribution in [-0.4, -0.2) is 9.97 Å². The number of rotatable bonds is 1. The molecule has 0 atom stereocenters. The summed E-state index contributed by atoms with van der Waals surface area (Å²) >= 11 is 18.2. The summed E-state index contributed by atoms with van der Waals surface area (Å²) in [6, 6.07) is 5.27. The first kappa shape index (κ1) is 12.6. The summed E-state index contributed by atoms with van der Waals surface area (Å²) in [6.45, 7) is 3.74. The molecule has 0 spiro atoms. The second-order valence-corrected chi connectivity index (χ2v) is 4.82. The van der Waals surface area contributed by atoms with Crippen LogP contribution in [0.15, 0.2) is 18.2 Å². The highest BCUT2D eigenvalue weighted by Gasteiger charge is 2.13. The van der Waals surface area contributed by atoms with Crippen LogP contribution in [0.5, 0.6) is 0 Å². The van der Waals surface area contributed by atoms with Crippen molar-refractivity contribution in [3.05, 3.63) is 44.7 Å². The second kappa shape index (κ2) is 4.81. The van der Waals surface area contributed by atoms with E-state index in [-0.39, 0.29) is 0 Å². The van der Waals surface area contributed by atoms with Gasteiger partial charge in [0.2, 0.25) is 0 Å². The van der Waals surface area contributed by atoms with Crippen LogP contribution >= 0.6 is 34.8 Å². The van der Waals surface area contributed by atoms with Gasteiger partial charge in [0.05, 0.1) is 15.6 Å². The van der Waals surface area contributed by atoms with Crippen molar-refractivity contribution in [3.8, 4) is 11.4 Å². The molecule has 0 aliphatic heterocycles. The van der Waals surface area contributed by atoms with E-state index >= 15 is 0 Å². The average molecular weight is 288 g/mol. The van der Waals surface area contributed by atoms with Crippen molar-refractivity contribution < 1.29 is 0 Å². The molecule has 2 rings (SSSR count). The molecule has 5 heteroatoms. The van der Waals surface area contributed by atoms with Crippen LogP contribution in [0.25, 0.3) is 11.4 Å². The summed E-state index contributed by atoms with van der Waals surface area (Å²) < 4.78 is 0. The Bertz CT molecular complexity index is 539. The predicted molar refractivity (Wildman–Crippen MR) is 72.0 cm³/mol. The first-order chi connectivity index (χ1) is 8.00. The third kappa shape index (κ3) is 2.39. The normalized spacial score (nSPS) is 10.6. The highest BCUT2D eigenvalue weighted by Crippen LogP contribution is 2.33. The molecule has 0 aliphatic carbocycles. The molecular formula is C12H9Cl3N2. The van der Waals surface area contributed by atoms with Gasteiger partial charge < -0.3 is 0 Å². The van der Waals surface area contributed by atoms with Gasteiger partial charge in [-0.05, 0) is 26.0 Å². The molecular weight excluding hydrogens is 279 g/mol. The summed E-state index contributed by atoms with van der Waals surface area (Å²) in [5.74, 6) is 0.453. The highest BCUT2D eigenvalue weighted by atomic mass is 35.5. The molecule has 0 saturated carbocycles. The minimum Gasteiger partial charge on any atom is -0.233 e. The largest absolute Gasteiger partial charge is 0.233 e. The first-order valence-corrected chi connectivity index (χ1v) is 6.09. The fourth-order valence-corrected chi connectivity index (χ4v) is 2.20. The van der Waals surface area contributed by atoms with Crippen molar-refractivity contribution in [2.24, 2.45) is 0 Å². The van der Waals surface area contributed by atoms with Gasteiger partial charge in [-0.3, -0.25) is 0 Å². The Morgan fingerprint density at radius 1 is 0.941 bits per heavy atom. The quantitative estimate of drug-likeness (QED) is 0.709. The van der Waals surface area contributed by atoms with Crippen LogP contribution in [0.1, 0.15) is 11.3 Å². The molecule has 1 aromatic carbocycles. The topological polar surface area (TPSA) is 25.8 Å². The molecule has 2 aromatic rings. The molecule has 0 radical (unpaired) electrons. The van der Waals surface area contributed by atoms with E-state index in [4.69, 9.17) is 34.8 Å². The number of hydrogen-bond acceptors (Lipinski definition) is 2. The Morgan fingerprint density at radius 3 is 2.06 bits per heavy atom. The van der Waals surface area contributed by atoms with Gasteiger partial charge in [-0.15, -0.1) is 0 Å². The van der Waals surface area contributed by atoms with Crippen molar-refractivity contribution >= 4 is 34.8 Å². The zero-order chi connectivity index (χ0) is 12.6. The standard InChI is InChI=1S/C12H9Cl3N2/c1-6-7(2)16-12(17-11(6)15)10-8(13)4-3-5-9(10)14/h3-5H,1-2H3. The Morgan fingerprint density at radius 2 is 1.53 bits per heavy atom. The first-order valence-electron chi connectivity index (χ1n) is 4.96. The Hall–Kier alpha value is -0.830. The SMILES string of the molecule is Cc1nc(-c2c(Cl)cccc2Cl)nc(Cl)c1C. The zero-order valence-electron chi connectivity index (χ0n) is 9.26. The van der Waals surface area contributed by atoms with E-state index in [2.05, 4.69) is 9.97 Å². The third-order valence-corrected chi connectivity index (χ3v) is 3.51. The fraction of sp³-hybridized carbons (Fsp3) is 0.167. The fourth-order valence-electron chi connectivity index (χ4n) is 1.42. The van der Waals surface area contributed by atoms with Gasteiger partial charge >= 0.3 is 0 Å². The maximum atomic E-state index is 6.10. The lowest BCUT2D eigenvalue weighted by Crippen LogP contribution is -1.97. The number of benzene rings is 1. The molecule has 0 saturated heterocycles. The van der Waals surface area contributed by atoms with E-state index < -0.39 is 0 Å². The van der Waals surface area contributed by atoms with Crippen LogP contribution in [0, 0.1) is 13.8 Å². The maximum absolute atomic E-state index is 6.10. The molecule has 0 N–H and O–H groups in total. The van der Waals surface area contributed by atoms with E-state index in [1.54, 1.807) is 18.2 Å². The third-order valence-electron chi connectivity index (χ3n) is 2.52. The molecule has 0 amide bonds. The van der Waals surface area contributed by atoms with Gasteiger partial charge in [0, 0.05) is 11.3 Å². The van der Waals surface area contributed by atoms with Gasteiger partial charge in [-0.1, -0.05) is 40.9 Å². The van der Waals surface area contributed by atoms with Crippen molar-refractivity contribution in [3.63, 3.8) is 0 Å². The molecule has 0 fully saturated rings. The average Bonchev–Trinajstić information content (AvgIpc) is 2.25. The summed E-state index contributed by atoms with van der Waals surface area (Å²) in [5.41, 5.74) is 2.29. The number of hydrogen-bond donors (Lipinski definition) is 0. The van der Waals surface area contributed by atoms with Crippen molar-refractivity contribution in [1.29, 1.82) is 0 Å². The zero-order valence-corrected chi connectivity index (χ0v) is 11.5. The smallest absolute Gasteiger partial charge is 0.164 e. The van der Waals surface area contributed by atoms with Gasteiger partial charge in [0.15, 0.2) is 5.82 Å². The minimum atomic E-state index is 0.420. The molecule has 0 bridgehead atoms. The molecule has 88 valence electrons. The van der Waals surface area contributed by atoms with Crippen LogP contribution in [-0.2, 0) is 0 Å². The lowest BCUT2D eigenvalue weighted by Gasteiger charge is -2.08. The number of aromatic nitrogens is 2. The van der Waals surface area contributed by atoms with Gasteiger partial charge in [0.25, 0.3) is 0 Å². The number of aryl methyl sites for hydroxylation is 1. The molecule has 0 aliphatic rings. The van der Waals surface area contributed by atoms with Gasteiger partial charge in [-0.2, -0.15) is 0 Å². The van der Waals surface area contributed by atoms with Crippen molar-refractivity contribution in [1.82, 2.24) is 9.97 Å². The maximum Gasteiger partial charge on any atom is 0.164 e. The number of nitrogens with zero attached hydrogens (tertiary/aromatic N) is 2. The van der Waals surface area contributed by atoms with Crippen molar-refractivity contribution in [2.75, 3.05) is 0 Å².